The monoisotopic (exact) mass is 268 g/mol. The summed E-state index contributed by atoms with van der Waals surface area (Å²) in [5.41, 5.74) is 0.839. The van der Waals surface area contributed by atoms with E-state index in [0.717, 1.165) is 5.56 Å². The molecular weight excluding hydrogens is 252 g/mol. The zero-order chi connectivity index (χ0) is 13.5. The molecule has 0 heterocycles. The first-order valence-corrected chi connectivity index (χ1v) is 6.32. The van der Waals surface area contributed by atoms with Crippen LogP contribution in [0.2, 0.25) is 0 Å². The molecule has 0 saturated carbocycles. The molecule has 0 fully saturated rings. The third-order valence-corrected chi connectivity index (χ3v) is 2.96. The number of thioether (sulfide) groups is 1. The summed E-state index contributed by atoms with van der Waals surface area (Å²) >= 11 is 1.24. The predicted octanol–water partition coefficient (Wildman–Crippen LogP) is 2.70. The molecule has 1 rings (SSSR count). The van der Waals surface area contributed by atoms with Crippen LogP contribution < -0.4 is 9.47 Å². The standard InChI is InChI=1S/C13H16O4S/c1-9(14)18-6-4-5-10-7-11(16-2)13(15)12(8-10)17-3/h4-5,7-8,15H,6H2,1-3H3. The molecule has 1 aromatic rings. The first-order chi connectivity index (χ1) is 8.58. The Morgan fingerprint density at radius 2 is 1.89 bits per heavy atom. The predicted molar refractivity (Wildman–Crippen MR) is 73.4 cm³/mol. The average Bonchev–Trinajstić information content (AvgIpc) is 2.35. The van der Waals surface area contributed by atoms with Crippen LogP contribution in [0.15, 0.2) is 18.2 Å². The minimum Gasteiger partial charge on any atom is -0.502 e. The van der Waals surface area contributed by atoms with Gasteiger partial charge in [-0.2, -0.15) is 0 Å². The molecule has 18 heavy (non-hydrogen) atoms. The van der Waals surface area contributed by atoms with Gasteiger partial charge in [-0.05, 0) is 17.7 Å². The summed E-state index contributed by atoms with van der Waals surface area (Å²) in [7, 11) is 2.96. The molecule has 0 aromatic heterocycles. The number of hydrogen-bond acceptors (Lipinski definition) is 5. The number of carbonyl (C=O) groups excluding carboxylic acids is 1. The lowest BCUT2D eigenvalue weighted by Crippen LogP contribution is -1.90. The highest BCUT2D eigenvalue weighted by atomic mass is 32.2. The minimum atomic E-state index is -0.0183. The summed E-state index contributed by atoms with van der Waals surface area (Å²) in [5, 5.41) is 9.82. The second kappa shape index (κ2) is 6.96. The number of phenolic OH excluding ortho intramolecular Hbond substituents is 1. The topological polar surface area (TPSA) is 55.8 Å². The Hall–Kier alpha value is -1.62. The van der Waals surface area contributed by atoms with Crippen molar-refractivity contribution in [3.8, 4) is 17.2 Å². The largest absolute Gasteiger partial charge is 0.502 e. The molecule has 4 nitrogen and oxygen atoms in total. The molecule has 0 bridgehead atoms. The van der Waals surface area contributed by atoms with E-state index in [9.17, 15) is 9.90 Å². The van der Waals surface area contributed by atoms with Crippen molar-refractivity contribution in [2.24, 2.45) is 0 Å². The summed E-state index contributed by atoms with van der Waals surface area (Å²) < 4.78 is 10.1. The van der Waals surface area contributed by atoms with Crippen LogP contribution in [0.1, 0.15) is 12.5 Å². The average molecular weight is 268 g/mol. The van der Waals surface area contributed by atoms with Crippen molar-refractivity contribution in [2.45, 2.75) is 6.92 Å². The molecule has 0 unspecified atom stereocenters. The first kappa shape index (κ1) is 14.4. The van der Waals surface area contributed by atoms with E-state index in [2.05, 4.69) is 0 Å². The Balaban J connectivity index is 2.86. The van der Waals surface area contributed by atoms with Crippen LogP contribution in [0.5, 0.6) is 17.2 Å². The molecule has 0 saturated heterocycles. The van der Waals surface area contributed by atoms with E-state index in [0.29, 0.717) is 17.3 Å². The van der Waals surface area contributed by atoms with Crippen molar-refractivity contribution in [3.05, 3.63) is 23.8 Å². The molecule has 1 aromatic carbocycles. The molecular formula is C13H16O4S. The van der Waals surface area contributed by atoms with Crippen molar-refractivity contribution in [2.75, 3.05) is 20.0 Å². The fraction of sp³-hybridized carbons (Fsp3) is 0.308. The van der Waals surface area contributed by atoms with Gasteiger partial charge in [-0.25, -0.2) is 0 Å². The molecule has 0 amide bonds. The zero-order valence-corrected chi connectivity index (χ0v) is 11.4. The van der Waals surface area contributed by atoms with E-state index in [1.165, 1.54) is 32.9 Å². The highest BCUT2D eigenvalue weighted by Gasteiger charge is 2.09. The molecule has 0 aliphatic rings. The van der Waals surface area contributed by atoms with Gasteiger partial charge in [0.05, 0.1) is 14.2 Å². The van der Waals surface area contributed by atoms with Gasteiger partial charge in [0.2, 0.25) is 5.75 Å². The number of ether oxygens (including phenoxy) is 2. The van der Waals surface area contributed by atoms with Crippen LogP contribution >= 0.6 is 11.8 Å². The summed E-state index contributed by atoms with van der Waals surface area (Å²) in [4.78, 5) is 10.8. The van der Waals surface area contributed by atoms with Crippen LogP contribution in [0.3, 0.4) is 0 Å². The van der Waals surface area contributed by atoms with E-state index in [1.807, 2.05) is 12.2 Å². The smallest absolute Gasteiger partial charge is 0.200 e. The van der Waals surface area contributed by atoms with Gasteiger partial charge in [0.1, 0.15) is 0 Å². The third-order valence-electron chi connectivity index (χ3n) is 2.20. The van der Waals surface area contributed by atoms with Crippen LogP contribution in [-0.2, 0) is 4.79 Å². The molecule has 0 atom stereocenters. The van der Waals surface area contributed by atoms with Gasteiger partial charge in [-0.3, -0.25) is 4.79 Å². The SMILES string of the molecule is COc1cc(C=CCSC(C)=O)cc(OC)c1O. The Kier molecular flexibility index (Phi) is 5.58. The van der Waals surface area contributed by atoms with Gasteiger partial charge < -0.3 is 14.6 Å². The summed E-state index contributed by atoms with van der Waals surface area (Å²) in [6, 6.07) is 3.40. The molecule has 0 aliphatic carbocycles. The Bertz CT molecular complexity index is 429. The van der Waals surface area contributed by atoms with E-state index in [-0.39, 0.29) is 10.9 Å². The zero-order valence-electron chi connectivity index (χ0n) is 10.6. The van der Waals surface area contributed by atoms with Gasteiger partial charge in [0, 0.05) is 12.7 Å². The van der Waals surface area contributed by atoms with E-state index >= 15 is 0 Å². The molecule has 1 N–H and O–H groups in total. The number of carbonyl (C=O) groups is 1. The van der Waals surface area contributed by atoms with Crippen molar-refractivity contribution < 1.29 is 19.4 Å². The van der Waals surface area contributed by atoms with Gasteiger partial charge >= 0.3 is 0 Å². The van der Waals surface area contributed by atoms with E-state index in [4.69, 9.17) is 9.47 Å². The van der Waals surface area contributed by atoms with Crippen LogP contribution in [0.4, 0.5) is 0 Å². The van der Waals surface area contributed by atoms with Crippen molar-refractivity contribution in [3.63, 3.8) is 0 Å². The lowest BCUT2D eigenvalue weighted by Gasteiger charge is -2.09. The van der Waals surface area contributed by atoms with Gasteiger partial charge in [0.25, 0.3) is 0 Å². The quantitative estimate of drug-likeness (QED) is 0.889. The number of methoxy groups -OCH3 is 2. The maximum atomic E-state index is 10.8. The second-order valence-electron chi connectivity index (χ2n) is 3.48. The summed E-state index contributed by atoms with van der Waals surface area (Å²) in [6.45, 7) is 1.53. The molecule has 0 radical (unpaired) electrons. The van der Waals surface area contributed by atoms with Crippen LogP contribution in [-0.4, -0.2) is 30.2 Å². The molecule has 5 heteroatoms. The second-order valence-corrected chi connectivity index (χ2v) is 4.68. The number of aromatic hydroxyl groups is 1. The van der Waals surface area contributed by atoms with Gasteiger partial charge in [-0.1, -0.05) is 23.9 Å². The fourth-order valence-electron chi connectivity index (χ4n) is 1.36. The Labute approximate surface area is 111 Å². The summed E-state index contributed by atoms with van der Waals surface area (Å²) in [6.07, 6.45) is 3.72. The number of benzene rings is 1. The minimum absolute atomic E-state index is 0.0183. The van der Waals surface area contributed by atoms with Crippen LogP contribution in [0, 0.1) is 0 Å². The van der Waals surface area contributed by atoms with E-state index in [1.54, 1.807) is 12.1 Å². The lowest BCUT2D eigenvalue weighted by atomic mass is 10.1. The van der Waals surface area contributed by atoms with Crippen molar-refractivity contribution in [1.29, 1.82) is 0 Å². The van der Waals surface area contributed by atoms with E-state index < -0.39 is 0 Å². The normalized spacial score (nSPS) is 10.6. The van der Waals surface area contributed by atoms with Gasteiger partial charge in [0.15, 0.2) is 16.6 Å². The molecule has 0 spiro atoms. The Morgan fingerprint density at radius 1 is 1.33 bits per heavy atom. The van der Waals surface area contributed by atoms with Gasteiger partial charge in [-0.15, -0.1) is 0 Å². The third kappa shape index (κ3) is 4.00. The van der Waals surface area contributed by atoms with Crippen LogP contribution in [0.25, 0.3) is 6.08 Å². The maximum Gasteiger partial charge on any atom is 0.200 e. The highest BCUT2D eigenvalue weighted by molar-refractivity contribution is 8.13. The Morgan fingerprint density at radius 3 is 2.33 bits per heavy atom. The highest BCUT2D eigenvalue weighted by Crippen LogP contribution is 2.37. The number of phenols is 1. The first-order valence-electron chi connectivity index (χ1n) is 5.33. The van der Waals surface area contributed by atoms with Crippen molar-refractivity contribution >= 4 is 23.0 Å². The maximum absolute atomic E-state index is 10.8. The summed E-state index contributed by atoms with van der Waals surface area (Å²) in [5.74, 6) is 1.30. The number of rotatable bonds is 5. The number of hydrogen-bond donors (Lipinski definition) is 1. The lowest BCUT2D eigenvalue weighted by molar-refractivity contribution is -0.109. The molecule has 0 aliphatic heterocycles. The fourth-order valence-corrected chi connectivity index (χ4v) is 1.79. The molecule has 98 valence electrons. The van der Waals surface area contributed by atoms with Crippen molar-refractivity contribution in [1.82, 2.24) is 0 Å².